The van der Waals surface area contributed by atoms with E-state index in [2.05, 4.69) is 5.32 Å². The number of anilines is 1. The van der Waals surface area contributed by atoms with Gasteiger partial charge in [0.25, 0.3) is 0 Å². The lowest BCUT2D eigenvalue weighted by Gasteiger charge is -2.09. The highest BCUT2D eigenvalue weighted by Gasteiger charge is 2.16. The van der Waals surface area contributed by atoms with Gasteiger partial charge in [0.05, 0.1) is 17.1 Å². The maximum absolute atomic E-state index is 12.0. The number of aromatic carboxylic acids is 1. The van der Waals surface area contributed by atoms with Crippen LogP contribution in [-0.2, 0) is 11.2 Å². The zero-order valence-electron chi connectivity index (χ0n) is 10.8. The van der Waals surface area contributed by atoms with Crippen LogP contribution >= 0.6 is 23.2 Å². The second-order valence-corrected chi connectivity index (χ2v) is 5.16. The summed E-state index contributed by atoms with van der Waals surface area (Å²) in [5.74, 6) is -1.52. The van der Waals surface area contributed by atoms with E-state index in [4.69, 9.17) is 28.3 Å². The number of carbonyl (C=O) groups is 2. The van der Waals surface area contributed by atoms with Gasteiger partial charge in [-0.25, -0.2) is 4.79 Å². The molecule has 0 radical (unpaired) electrons. The highest BCUT2D eigenvalue weighted by atomic mass is 35.5. The van der Waals surface area contributed by atoms with E-state index >= 15 is 0 Å². The quantitative estimate of drug-likeness (QED) is 0.897. The molecule has 2 aromatic rings. The molecule has 4 nitrogen and oxygen atoms in total. The third-order valence-corrected chi connectivity index (χ3v) is 3.35. The zero-order valence-corrected chi connectivity index (χ0v) is 12.3. The van der Waals surface area contributed by atoms with Crippen molar-refractivity contribution in [2.75, 3.05) is 5.32 Å². The third-order valence-electron chi connectivity index (χ3n) is 2.78. The molecule has 0 saturated heterocycles. The first-order valence-corrected chi connectivity index (χ1v) is 6.79. The predicted octanol–water partition coefficient (Wildman–Crippen LogP) is 3.87. The van der Waals surface area contributed by atoms with Crippen molar-refractivity contribution in [3.8, 4) is 0 Å². The van der Waals surface area contributed by atoms with Gasteiger partial charge in [-0.15, -0.1) is 0 Å². The molecule has 0 aliphatic carbocycles. The number of nitrogens with one attached hydrogen (secondary N) is 1. The molecule has 108 valence electrons. The summed E-state index contributed by atoms with van der Waals surface area (Å²) in [7, 11) is 0. The van der Waals surface area contributed by atoms with Gasteiger partial charge in [-0.05, 0) is 29.8 Å². The van der Waals surface area contributed by atoms with E-state index in [1.807, 2.05) is 0 Å². The first kappa shape index (κ1) is 15.4. The number of amides is 1. The molecule has 0 aliphatic heterocycles. The third kappa shape index (κ3) is 3.97. The van der Waals surface area contributed by atoms with Gasteiger partial charge in [0, 0.05) is 5.02 Å². The molecule has 0 aromatic heterocycles. The van der Waals surface area contributed by atoms with Crippen molar-refractivity contribution in [2.45, 2.75) is 6.42 Å². The molecule has 0 atom stereocenters. The fourth-order valence-corrected chi connectivity index (χ4v) is 2.21. The molecule has 2 rings (SSSR count). The van der Waals surface area contributed by atoms with Gasteiger partial charge in [0.1, 0.15) is 5.56 Å². The molecule has 21 heavy (non-hydrogen) atoms. The summed E-state index contributed by atoms with van der Waals surface area (Å²) in [6, 6.07) is 11.4. The van der Waals surface area contributed by atoms with E-state index in [0.29, 0.717) is 5.02 Å². The summed E-state index contributed by atoms with van der Waals surface area (Å²) in [4.78, 5) is 23.1. The molecule has 0 bridgehead atoms. The van der Waals surface area contributed by atoms with Crippen LogP contribution in [0.5, 0.6) is 0 Å². The number of carboxylic acids is 1. The van der Waals surface area contributed by atoms with E-state index in [1.165, 1.54) is 12.1 Å². The molecule has 0 saturated carbocycles. The highest BCUT2D eigenvalue weighted by Crippen LogP contribution is 2.24. The lowest BCUT2D eigenvalue weighted by Crippen LogP contribution is -2.17. The van der Waals surface area contributed by atoms with E-state index in [1.54, 1.807) is 30.3 Å². The Morgan fingerprint density at radius 2 is 1.71 bits per heavy atom. The summed E-state index contributed by atoms with van der Waals surface area (Å²) in [6.45, 7) is 0. The van der Waals surface area contributed by atoms with E-state index in [9.17, 15) is 9.59 Å². The first-order valence-electron chi connectivity index (χ1n) is 6.03. The van der Waals surface area contributed by atoms with Crippen LogP contribution in [0.15, 0.2) is 42.5 Å². The molecule has 0 heterocycles. The second kappa shape index (κ2) is 6.61. The average Bonchev–Trinajstić information content (AvgIpc) is 2.41. The number of rotatable bonds is 4. The minimum atomic E-state index is -1.19. The Kier molecular flexibility index (Phi) is 4.83. The number of hydrogen-bond acceptors (Lipinski definition) is 2. The lowest BCUT2D eigenvalue weighted by atomic mass is 10.1. The number of carbonyl (C=O) groups excluding carboxylic acids is 1. The SMILES string of the molecule is O=C(Cc1ccc(Cl)cc1)Nc1cccc(Cl)c1C(=O)O. The number of carboxylic acid groups (broad SMARTS) is 1. The average molecular weight is 324 g/mol. The number of halogens is 2. The normalized spacial score (nSPS) is 10.2. The van der Waals surface area contributed by atoms with Crippen LogP contribution in [0.1, 0.15) is 15.9 Å². The fraction of sp³-hybridized carbons (Fsp3) is 0.0667. The van der Waals surface area contributed by atoms with Gasteiger partial charge < -0.3 is 10.4 Å². The summed E-state index contributed by atoms with van der Waals surface area (Å²) in [5, 5.41) is 12.3. The molecule has 1 amide bonds. The van der Waals surface area contributed by atoms with Crippen LogP contribution in [0, 0.1) is 0 Å². The summed E-state index contributed by atoms with van der Waals surface area (Å²) in [6.07, 6.45) is 0.114. The lowest BCUT2D eigenvalue weighted by molar-refractivity contribution is -0.115. The van der Waals surface area contributed by atoms with Crippen LogP contribution in [-0.4, -0.2) is 17.0 Å². The smallest absolute Gasteiger partial charge is 0.339 e. The Hall–Kier alpha value is -2.04. The Balaban J connectivity index is 2.15. The summed E-state index contributed by atoms with van der Waals surface area (Å²) in [5.41, 5.74) is 0.827. The molecule has 0 unspecified atom stereocenters. The van der Waals surface area contributed by atoms with E-state index in [-0.39, 0.29) is 28.6 Å². The van der Waals surface area contributed by atoms with Gasteiger partial charge in [-0.1, -0.05) is 41.4 Å². The van der Waals surface area contributed by atoms with Crippen LogP contribution in [0.2, 0.25) is 10.0 Å². The van der Waals surface area contributed by atoms with Gasteiger partial charge in [-0.2, -0.15) is 0 Å². The first-order chi connectivity index (χ1) is 9.97. The number of hydrogen-bond donors (Lipinski definition) is 2. The van der Waals surface area contributed by atoms with Crippen molar-refractivity contribution in [3.05, 3.63) is 63.6 Å². The van der Waals surface area contributed by atoms with Crippen molar-refractivity contribution >= 4 is 40.8 Å². The standard InChI is InChI=1S/C15H11Cl2NO3/c16-10-6-4-9(5-7-10)8-13(19)18-12-3-1-2-11(17)14(12)15(20)21/h1-7H,8H2,(H,18,19)(H,20,21). The molecule has 6 heteroatoms. The highest BCUT2D eigenvalue weighted by molar-refractivity contribution is 6.34. The van der Waals surface area contributed by atoms with Crippen LogP contribution in [0.4, 0.5) is 5.69 Å². The zero-order chi connectivity index (χ0) is 15.4. The fourth-order valence-electron chi connectivity index (χ4n) is 1.83. The van der Waals surface area contributed by atoms with E-state index < -0.39 is 5.97 Å². The molecule has 0 aliphatic rings. The molecular weight excluding hydrogens is 313 g/mol. The Morgan fingerprint density at radius 1 is 1.05 bits per heavy atom. The van der Waals surface area contributed by atoms with Crippen LogP contribution in [0.25, 0.3) is 0 Å². The second-order valence-electron chi connectivity index (χ2n) is 4.32. The molecular formula is C15H11Cl2NO3. The predicted molar refractivity (Wildman–Crippen MR) is 82.2 cm³/mol. The molecule has 2 N–H and O–H groups in total. The van der Waals surface area contributed by atoms with E-state index in [0.717, 1.165) is 5.56 Å². The van der Waals surface area contributed by atoms with Crippen LogP contribution < -0.4 is 5.32 Å². The van der Waals surface area contributed by atoms with Gasteiger partial charge in [-0.3, -0.25) is 4.79 Å². The number of benzene rings is 2. The monoisotopic (exact) mass is 323 g/mol. The van der Waals surface area contributed by atoms with Crippen molar-refractivity contribution in [1.82, 2.24) is 0 Å². The Morgan fingerprint density at radius 3 is 2.33 bits per heavy atom. The summed E-state index contributed by atoms with van der Waals surface area (Å²) >= 11 is 11.6. The van der Waals surface area contributed by atoms with Crippen molar-refractivity contribution in [2.24, 2.45) is 0 Å². The van der Waals surface area contributed by atoms with Gasteiger partial charge in [0.15, 0.2) is 0 Å². The molecule has 0 spiro atoms. The van der Waals surface area contributed by atoms with Crippen molar-refractivity contribution < 1.29 is 14.7 Å². The summed E-state index contributed by atoms with van der Waals surface area (Å²) < 4.78 is 0. The van der Waals surface area contributed by atoms with Gasteiger partial charge in [0.2, 0.25) is 5.91 Å². The Bertz CT molecular complexity index is 684. The molecule has 2 aromatic carbocycles. The van der Waals surface area contributed by atoms with Crippen molar-refractivity contribution in [1.29, 1.82) is 0 Å². The molecule has 0 fully saturated rings. The topological polar surface area (TPSA) is 66.4 Å². The van der Waals surface area contributed by atoms with Gasteiger partial charge >= 0.3 is 5.97 Å². The van der Waals surface area contributed by atoms with Crippen molar-refractivity contribution in [3.63, 3.8) is 0 Å². The maximum Gasteiger partial charge on any atom is 0.339 e. The minimum Gasteiger partial charge on any atom is -0.478 e. The largest absolute Gasteiger partial charge is 0.478 e. The Labute approximate surface area is 131 Å². The maximum atomic E-state index is 12.0. The van der Waals surface area contributed by atoms with Crippen LogP contribution in [0.3, 0.4) is 0 Å². The minimum absolute atomic E-state index is 0.0757.